The van der Waals surface area contributed by atoms with Crippen LogP contribution in [0.3, 0.4) is 0 Å². The number of rotatable bonds is 6. The SMILES string of the molecule is CCCCN(C)CC1=CNNC1c1cccc(O)c1. The van der Waals surface area contributed by atoms with Gasteiger partial charge in [-0.25, -0.2) is 5.43 Å². The van der Waals surface area contributed by atoms with E-state index >= 15 is 0 Å². The lowest BCUT2D eigenvalue weighted by Gasteiger charge is -2.21. The molecule has 1 aliphatic heterocycles. The molecular formula is C15H23N3O. The number of unbranched alkanes of at least 4 members (excludes halogenated alkanes) is 1. The zero-order chi connectivity index (χ0) is 13.7. The summed E-state index contributed by atoms with van der Waals surface area (Å²) >= 11 is 0. The van der Waals surface area contributed by atoms with Crippen LogP contribution in [0.2, 0.25) is 0 Å². The Kier molecular flexibility index (Phi) is 4.82. The summed E-state index contributed by atoms with van der Waals surface area (Å²) in [4.78, 5) is 2.33. The van der Waals surface area contributed by atoms with Gasteiger partial charge in [0.15, 0.2) is 0 Å². The quantitative estimate of drug-likeness (QED) is 0.734. The highest BCUT2D eigenvalue weighted by atomic mass is 16.3. The minimum atomic E-state index is 0.135. The number of aromatic hydroxyl groups is 1. The summed E-state index contributed by atoms with van der Waals surface area (Å²) in [5, 5.41) is 9.58. The number of phenolic OH excluding ortho intramolecular Hbond substituents is 1. The molecule has 2 rings (SSSR count). The molecule has 1 aromatic rings. The van der Waals surface area contributed by atoms with E-state index in [0.29, 0.717) is 5.75 Å². The maximum Gasteiger partial charge on any atom is 0.115 e. The van der Waals surface area contributed by atoms with E-state index in [9.17, 15) is 5.11 Å². The molecule has 0 fully saturated rings. The highest BCUT2D eigenvalue weighted by Crippen LogP contribution is 2.26. The first-order chi connectivity index (χ1) is 9.20. The summed E-state index contributed by atoms with van der Waals surface area (Å²) in [5.41, 5.74) is 8.69. The fraction of sp³-hybridized carbons (Fsp3) is 0.467. The van der Waals surface area contributed by atoms with Crippen molar-refractivity contribution in [3.8, 4) is 5.75 Å². The predicted molar refractivity (Wildman–Crippen MR) is 77.6 cm³/mol. The molecule has 104 valence electrons. The molecule has 1 aliphatic rings. The summed E-state index contributed by atoms with van der Waals surface area (Å²) in [7, 11) is 2.15. The predicted octanol–water partition coefficient (Wildman–Crippen LogP) is 2.16. The number of benzene rings is 1. The third-order valence-corrected chi connectivity index (χ3v) is 3.41. The van der Waals surface area contributed by atoms with Crippen molar-refractivity contribution in [1.29, 1.82) is 0 Å². The Labute approximate surface area is 115 Å². The van der Waals surface area contributed by atoms with E-state index in [-0.39, 0.29) is 6.04 Å². The third kappa shape index (κ3) is 3.72. The van der Waals surface area contributed by atoms with Crippen LogP contribution >= 0.6 is 0 Å². The smallest absolute Gasteiger partial charge is 0.115 e. The molecule has 1 aromatic carbocycles. The molecule has 0 saturated carbocycles. The van der Waals surface area contributed by atoms with Crippen LogP contribution in [0.25, 0.3) is 0 Å². The van der Waals surface area contributed by atoms with Crippen molar-refractivity contribution in [3.05, 3.63) is 41.6 Å². The Morgan fingerprint density at radius 2 is 2.21 bits per heavy atom. The Morgan fingerprint density at radius 3 is 2.95 bits per heavy atom. The van der Waals surface area contributed by atoms with Gasteiger partial charge in [0, 0.05) is 12.7 Å². The number of nitrogens with one attached hydrogen (secondary N) is 2. The lowest BCUT2D eigenvalue weighted by atomic mass is 10.00. The van der Waals surface area contributed by atoms with Gasteiger partial charge in [0.1, 0.15) is 5.75 Å². The van der Waals surface area contributed by atoms with Gasteiger partial charge >= 0.3 is 0 Å². The summed E-state index contributed by atoms with van der Waals surface area (Å²) in [6.07, 6.45) is 4.47. The van der Waals surface area contributed by atoms with E-state index in [1.54, 1.807) is 6.07 Å². The van der Waals surface area contributed by atoms with Crippen LogP contribution in [0.4, 0.5) is 0 Å². The summed E-state index contributed by atoms with van der Waals surface area (Å²) in [6, 6.07) is 7.55. The Bertz CT molecular complexity index is 445. The number of hydrazine groups is 1. The molecule has 4 heteroatoms. The molecule has 0 spiro atoms. The van der Waals surface area contributed by atoms with E-state index < -0.39 is 0 Å². The van der Waals surface area contributed by atoms with E-state index in [1.807, 2.05) is 24.4 Å². The summed E-state index contributed by atoms with van der Waals surface area (Å²) in [5.74, 6) is 0.310. The van der Waals surface area contributed by atoms with Gasteiger partial charge in [0.05, 0.1) is 6.04 Å². The van der Waals surface area contributed by atoms with Gasteiger partial charge in [-0.15, -0.1) is 0 Å². The lowest BCUT2D eigenvalue weighted by Crippen LogP contribution is -2.28. The van der Waals surface area contributed by atoms with Crippen molar-refractivity contribution in [2.75, 3.05) is 20.1 Å². The van der Waals surface area contributed by atoms with Crippen LogP contribution in [0.15, 0.2) is 36.0 Å². The molecule has 1 heterocycles. The Hall–Kier alpha value is -1.52. The van der Waals surface area contributed by atoms with E-state index in [2.05, 4.69) is 29.7 Å². The first-order valence-electron chi connectivity index (χ1n) is 6.88. The average Bonchev–Trinajstić information content (AvgIpc) is 2.84. The normalized spacial score (nSPS) is 18.5. The van der Waals surface area contributed by atoms with Crippen LogP contribution in [0.5, 0.6) is 5.75 Å². The second kappa shape index (κ2) is 6.59. The van der Waals surface area contributed by atoms with Crippen LogP contribution in [-0.4, -0.2) is 30.1 Å². The van der Waals surface area contributed by atoms with Crippen molar-refractivity contribution >= 4 is 0 Å². The zero-order valence-corrected chi connectivity index (χ0v) is 11.7. The van der Waals surface area contributed by atoms with Crippen molar-refractivity contribution in [2.45, 2.75) is 25.8 Å². The minimum absolute atomic E-state index is 0.135. The van der Waals surface area contributed by atoms with Crippen LogP contribution in [-0.2, 0) is 0 Å². The van der Waals surface area contributed by atoms with Gasteiger partial charge in [0.2, 0.25) is 0 Å². The molecule has 0 aromatic heterocycles. The number of likely N-dealkylation sites (N-methyl/N-ethyl adjacent to an activating group) is 1. The van der Waals surface area contributed by atoms with E-state index in [1.165, 1.54) is 18.4 Å². The maximum absolute atomic E-state index is 9.58. The highest BCUT2D eigenvalue weighted by molar-refractivity contribution is 5.35. The molecule has 1 unspecified atom stereocenters. The monoisotopic (exact) mass is 261 g/mol. The van der Waals surface area contributed by atoms with Crippen LogP contribution in [0, 0.1) is 0 Å². The molecule has 0 saturated heterocycles. The molecule has 0 aliphatic carbocycles. The molecular weight excluding hydrogens is 238 g/mol. The Morgan fingerprint density at radius 1 is 1.37 bits per heavy atom. The third-order valence-electron chi connectivity index (χ3n) is 3.41. The highest BCUT2D eigenvalue weighted by Gasteiger charge is 2.21. The van der Waals surface area contributed by atoms with Crippen molar-refractivity contribution in [2.24, 2.45) is 0 Å². The molecule has 1 atom stereocenters. The average molecular weight is 261 g/mol. The zero-order valence-electron chi connectivity index (χ0n) is 11.7. The number of nitrogens with zero attached hydrogens (tertiary/aromatic N) is 1. The van der Waals surface area contributed by atoms with E-state index in [4.69, 9.17) is 0 Å². The number of hydrogen-bond acceptors (Lipinski definition) is 4. The van der Waals surface area contributed by atoms with Gasteiger partial charge in [-0.1, -0.05) is 25.5 Å². The Balaban J connectivity index is 2.00. The molecule has 0 bridgehead atoms. The van der Waals surface area contributed by atoms with E-state index in [0.717, 1.165) is 18.7 Å². The number of hydrogen-bond donors (Lipinski definition) is 3. The molecule has 0 radical (unpaired) electrons. The summed E-state index contributed by atoms with van der Waals surface area (Å²) in [6.45, 7) is 4.25. The second-order valence-electron chi connectivity index (χ2n) is 5.13. The van der Waals surface area contributed by atoms with Crippen molar-refractivity contribution in [1.82, 2.24) is 15.8 Å². The van der Waals surface area contributed by atoms with Gasteiger partial charge in [-0.05, 0) is 43.3 Å². The van der Waals surface area contributed by atoms with Gasteiger partial charge in [0.25, 0.3) is 0 Å². The first-order valence-corrected chi connectivity index (χ1v) is 6.88. The topological polar surface area (TPSA) is 47.5 Å². The lowest BCUT2D eigenvalue weighted by molar-refractivity contribution is 0.347. The molecule has 4 nitrogen and oxygen atoms in total. The van der Waals surface area contributed by atoms with Crippen molar-refractivity contribution < 1.29 is 5.11 Å². The minimum Gasteiger partial charge on any atom is -0.508 e. The molecule has 0 amide bonds. The fourth-order valence-corrected chi connectivity index (χ4v) is 2.35. The summed E-state index contributed by atoms with van der Waals surface area (Å²) < 4.78 is 0. The fourth-order valence-electron chi connectivity index (χ4n) is 2.35. The first kappa shape index (κ1) is 13.9. The van der Waals surface area contributed by atoms with Gasteiger partial charge in [-0.2, -0.15) is 0 Å². The molecule has 3 N–H and O–H groups in total. The maximum atomic E-state index is 9.58. The van der Waals surface area contributed by atoms with Crippen LogP contribution in [0.1, 0.15) is 31.4 Å². The standard InChI is InChI=1S/C15H23N3O/c1-3-4-8-18(2)11-13-10-16-17-15(13)12-6-5-7-14(19)9-12/h5-7,9-10,15-17,19H,3-4,8,11H2,1-2H3. The number of phenols is 1. The largest absolute Gasteiger partial charge is 0.508 e. The molecule has 19 heavy (non-hydrogen) atoms. The second-order valence-corrected chi connectivity index (χ2v) is 5.13. The van der Waals surface area contributed by atoms with Crippen LogP contribution < -0.4 is 10.9 Å². The van der Waals surface area contributed by atoms with Gasteiger partial charge < -0.3 is 15.4 Å². The van der Waals surface area contributed by atoms with Crippen molar-refractivity contribution in [3.63, 3.8) is 0 Å². The van der Waals surface area contributed by atoms with Gasteiger partial charge in [-0.3, -0.25) is 0 Å².